The van der Waals surface area contributed by atoms with E-state index in [1.165, 1.54) is 16.5 Å². The van der Waals surface area contributed by atoms with Gasteiger partial charge in [0.15, 0.2) is 17.0 Å². The van der Waals surface area contributed by atoms with Crippen LogP contribution in [0, 0.1) is 11.3 Å². The van der Waals surface area contributed by atoms with Crippen molar-refractivity contribution in [3.63, 3.8) is 0 Å². The number of imidazole rings is 1. The Morgan fingerprint density at radius 3 is 2.90 bits per heavy atom. The zero-order valence-electron chi connectivity index (χ0n) is 15.7. The van der Waals surface area contributed by atoms with Crippen LogP contribution in [0.1, 0.15) is 47.5 Å². The van der Waals surface area contributed by atoms with Gasteiger partial charge in [0.2, 0.25) is 5.89 Å². The molecular formula is C20H17N7O2. The quantitative estimate of drug-likeness (QED) is 0.526. The maximum Gasteiger partial charge on any atom is 0.280 e. The molecule has 1 aliphatic rings. The Morgan fingerprint density at radius 2 is 2.07 bits per heavy atom. The summed E-state index contributed by atoms with van der Waals surface area (Å²) in [7, 11) is 1.76. The molecule has 5 rings (SSSR count). The summed E-state index contributed by atoms with van der Waals surface area (Å²) in [4.78, 5) is 25.4. The van der Waals surface area contributed by atoms with Crippen LogP contribution in [0.25, 0.3) is 11.2 Å². The molecule has 1 aliphatic carbocycles. The van der Waals surface area contributed by atoms with Crippen molar-refractivity contribution in [2.75, 3.05) is 0 Å². The number of aromatic nitrogens is 6. The van der Waals surface area contributed by atoms with Crippen LogP contribution in [-0.2, 0) is 13.6 Å². The highest BCUT2D eigenvalue weighted by atomic mass is 16.5. The summed E-state index contributed by atoms with van der Waals surface area (Å²) in [5.74, 6) is 1.66. The summed E-state index contributed by atoms with van der Waals surface area (Å²) < 4.78 is 8.46. The third-order valence-electron chi connectivity index (χ3n) is 5.48. The predicted octanol–water partition coefficient (Wildman–Crippen LogP) is 2.09. The van der Waals surface area contributed by atoms with Gasteiger partial charge < -0.3 is 9.09 Å². The lowest BCUT2D eigenvalue weighted by atomic mass is 9.71. The van der Waals surface area contributed by atoms with Gasteiger partial charge in [-0.15, -0.1) is 0 Å². The zero-order chi connectivity index (χ0) is 20.0. The Hall–Kier alpha value is -3.80. The Balaban J connectivity index is 1.30. The summed E-state index contributed by atoms with van der Waals surface area (Å²) in [5.41, 5.74) is 2.51. The summed E-state index contributed by atoms with van der Waals surface area (Å²) in [6.07, 6.45) is 4.84. The second kappa shape index (κ2) is 6.67. The standard InChI is InChI=1S/C20H17N7O2/c1-26-10-22-19-17(26)20(28)27(11-23-19)9-16-24-18(25-29-16)15-6-14(7-15)13-4-2-3-12(5-13)8-21/h2-5,10-11,14-15H,6-7,9H2,1H3/t14-,15-. The summed E-state index contributed by atoms with van der Waals surface area (Å²) in [6.45, 7) is 0.167. The number of fused-ring (bicyclic) bond motifs is 1. The van der Waals surface area contributed by atoms with Crippen LogP contribution >= 0.6 is 0 Å². The fourth-order valence-electron chi connectivity index (χ4n) is 3.79. The molecule has 1 aromatic carbocycles. The molecule has 1 fully saturated rings. The molecular weight excluding hydrogens is 370 g/mol. The Kier molecular flexibility index (Phi) is 3.98. The predicted molar refractivity (Wildman–Crippen MR) is 102 cm³/mol. The molecule has 0 aliphatic heterocycles. The van der Waals surface area contributed by atoms with E-state index in [1.54, 1.807) is 17.9 Å². The number of hydrogen-bond acceptors (Lipinski definition) is 7. The summed E-state index contributed by atoms with van der Waals surface area (Å²) >= 11 is 0. The lowest BCUT2D eigenvalue weighted by Crippen LogP contribution is -2.23. The summed E-state index contributed by atoms with van der Waals surface area (Å²) in [6, 6.07) is 9.90. The van der Waals surface area contributed by atoms with E-state index in [9.17, 15) is 4.79 Å². The molecule has 0 amide bonds. The maximum atomic E-state index is 12.6. The van der Waals surface area contributed by atoms with Crippen LogP contribution in [-0.4, -0.2) is 29.2 Å². The molecule has 9 heteroatoms. The zero-order valence-corrected chi connectivity index (χ0v) is 15.7. The van der Waals surface area contributed by atoms with Gasteiger partial charge in [-0.05, 0) is 36.5 Å². The topological polar surface area (TPSA) is 115 Å². The average molecular weight is 387 g/mol. The van der Waals surface area contributed by atoms with Gasteiger partial charge in [-0.25, -0.2) is 9.97 Å². The molecule has 0 atom stereocenters. The lowest BCUT2D eigenvalue weighted by molar-refractivity contribution is 0.315. The number of benzene rings is 1. The van der Waals surface area contributed by atoms with Gasteiger partial charge in [-0.1, -0.05) is 17.3 Å². The van der Waals surface area contributed by atoms with Crippen molar-refractivity contribution in [1.29, 1.82) is 5.26 Å². The average Bonchev–Trinajstić information content (AvgIpc) is 3.30. The van der Waals surface area contributed by atoms with Crippen molar-refractivity contribution in [2.45, 2.75) is 31.2 Å². The number of rotatable bonds is 4. The molecule has 0 bridgehead atoms. The van der Waals surface area contributed by atoms with Gasteiger partial charge in [0.05, 0.1) is 18.0 Å². The maximum absolute atomic E-state index is 12.6. The van der Waals surface area contributed by atoms with E-state index < -0.39 is 0 Å². The van der Waals surface area contributed by atoms with E-state index in [0.29, 0.717) is 34.4 Å². The molecule has 144 valence electrons. The molecule has 0 N–H and O–H groups in total. The first-order valence-electron chi connectivity index (χ1n) is 9.31. The van der Waals surface area contributed by atoms with Gasteiger partial charge in [-0.3, -0.25) is 9.36 Å². The van der Waals surface area contributed by atoms with Crippen molar-refractivity contribution in [1.82, 2.24) is 29.2 Å². The van der Waals surface area contributed by atoms with Crippen LogP contribution in [0.5, 0.6) is 0 Å². The smallest absolute Gasteiger partial charge is 0.280 e. The van der Waals surface area contributed by atoms with E-state index in [0.717, 1.165) is 12.8 Å². The van der Waals surface area contributed by atoms with Crippen molar-refractivity contribution in [3.8, 4) is 6.07 Å². The molecule has 0 spiro atoms. The van der Waals surface area contributed by atoms with Crippen molar-refractivity contribution in [2.24, 2.45) is 7.05 Å². The fourth-order valence-corrected chi connectivity index (χ4v) is 3.79. The Bertz CT molecular complexity index is 1300. The minimum absolute atomic E-state index is 0.167. The monoisotopic (exact) mass is 387 g/mol. The first-order valence-corrected chi connectivity index (χ1v) is 9.31. The first kappa shape index (κ1) is 17.3. The van der Waals surface area contributed by atoms with Crippen LogP contribution in [0.2, 0.25) is 0 Å². The molecule has 0 radical (unpaired) electrons. The molecule has 0 saturated heterocycles. The number of hydrogen-bond donors (Lipinski definition) is 0. The highest BCUT2D eigenvalue weighted by molar-refractivity contribution is 5.68. The fraction of sp³-hybridized carbons (Fsp3) is 0.300. The minimum Gasteiger partial charge on any atom is -0.337 e. The normalized spacial score (nSPS) is 18.5. The van der Waals surface area contributed by atoms with Gasteiger partial charge in [-0.2, -0.15) is 10.2 Å². The van der Waals surface area contributed by atoms with Crippen molar-refractivity contribution >= 4 is 11.2 Å². The highest BCUT2D eigenvalue weighted by Gasteiger charge is 2.34. The van der Waals surface area contributed by atoms with E-state index in [1.807, 2.05) is 18.2 Å². The Morgan fingerprint density at radius 1 is 1.24 bits per heavy atom. The van der Waals surface area contributed by atoms with Gasteiger partial charge in [0, 0.05) is 13.0 Å². The molecule has 1 saturated carbocycles. The molecule has 3 aromatic heterocycles. The largest absolute Gasteiger partial charge is 0.337 e. The van der Waals surface area contributed by atoms with Crippen LogP contribution in [0.15, 0.2) is 46.2 Å². The van der Waals surface area contributed by atoms with E-state index in [2.05, 4.69) is 32.2 Å². The van der Waals surface area contributed by atoms with Crippen LogP contribution < -0.4 is 5.56 Å². The second-order valence-electron chi connectivity index (χ2n) is 7.35. The minimum atomic E-state index is -0.198. The van der Waals surface area contributed by atoms with Gasteiger partial charge in [0.25, 0.3) is 5.56 Å². The van der Waals surface area contributed by atoms with E-state index in [-0.39, 0.29) is 18.0 Å². The second-order valence-corrected chi connectivity index (χ2v) is 7.35. The SMILES string of the molecule is Cn1cnc2ncn(Cc3nc([C@H]4C[C@H](c5cccc(C#N)c5)C4)no3)c(=O)c21. The number of nitriles is 1. The highest BCUT2D eigenvalue weighted by Crippen LogP contribution is 2.46. The van der Waals surface area contributed by atoms with E-state index in [4.69, 9.17) is 9.78 Å². The van der Waals surface area contributed by atoms with Crippen LogP contribution in [0.4, 0.5) is 0 Å². The number of aryl methyl sites for hydroxylation is 1. The van der Waals surface area contributed by atoms with E-state index >= 15 is 0 Å². The first-order chi connectivity index (χ1) is 14.1. The number of nitrogens with zero attached hydrogens (tertiary/aromatic N) is 7. The third-order valence-corrected chi connectivity index (χ3v) is 5.48. The molecule has 29 heavy (non-hydrogen) atoms. The Labute approximate surface area is 165 Å². The van der Waals surface area contributed by atoms with Crippen molar-refractivity contribution in [3.05, 3.63) is 70.1 Å². The van der Waals surface area contributed by atoms with Gasteiger partial charge in [0.1, 0.15) is 12.9 Å². The molecule has 9 nitrogen and oxygen atoms in total. The van der Waals surface area contributed by atoms with Crippen LogP contribution in [0.3, 0.4) is 0 Å². The third kappa shape index (κ3) is 2.99. The molecule has 3 heterocycles. The van der Waals surface area contributed by atoms with Gasteiger partial charge >= 0.3 is 0 Å². The molecule has 4 aromatic rings. The lowest BCUT2D eigenvalue weighted by Gasteiger charge is -2.33. The van der Waals surface area contributed by atoms with Crippen molar-refractivity contribution < 1.29 is 4.52 Å². The summed E-state index contributed by atoms with van der Waals surface area (Å²) in [5, 5.41) is 13.2. The molecule has 0 unspecified atom stereocenters.